The normalized spacial score (nSPS) is 11.2. The van der Waals surface area contributed by atoms with Crippen molar-refractivity contribution in [3.63, 3.8) is 0 Å². The van der Waals surface area contributed by atoms with Crippen LogP contribution in [0.25, 0.3) is 54.3 Å². The summed E-state index contributed by atoms with van der Waals surface area (Å²) >= 11 is 0. The van der Waals surface area contributed by atoms with E-state index < -0.39 is 0 Å². The maximum Gasteiger partial charge on any atom is 0.206 e. The Labute approximate surface area is 247 Å². The molecule has 0 fully saturated rings. The Morgan fingerprint density at radius 2 is 1.35 bits per heavy atom. The number of furan rings is 1. The molecule has 2 heterocycles. The van der Waals surface area contributed by atoms with E-state index in [9.17, 15) is 5.26 Å². The third-order valence-corrected chi connectivity index (χ3v) is 8.04. The van der Waals surface area contributed by atoms with E-state index in [1.165, 1.54) is 0 Å². The fourth-order valence-electron chi connectivity index (χ4n) is 6.20. The molecule has 5 nitrogen and oxygen atoms in total. The van der Waals surface area contributed by atoms with E-state index in [1.54, 1.807) is 6.07 Å². The lowest BCUT2D eigenvalue weighted by atomic mass is 10.1. The van der Waals surface area contributed by atoms with Crippen molar-refractivity contribution in [3.8, 4) is 11.8 Å². The number of aromatic nitrogens is 1. The highest BCUT2D eigenvalue weighted by molar-refractivity contribution is 6.24. The molecule has 43 heavy (non-hydrogen) atoms. The predicted octanol–water partition coefficient (Wildman–Crippen LogP) is 10.6. The summed E-state index contributed by atoms with van der Waals surface area (Å²) in [6.45, 7) is 7.69. The first-order chi connectivity index (χ1) is 21.3. The second-order valence-electron chi connectivity index (χ2n) is 10.4. The first-order valence-electron chi connectivity index (χ1n) is 14.0. The van der Waals surface area contributed by atoms with E-state index in [0.717, 1.165) is 60.8 Å². The molecule has 0 amide bonds. The Morgan fingerprint density at radius 1 is 0.651 bits per heavy atom. The molecule has 200 valence electrons. The van der Waals surface area contributed by atoms with Crippen LogP contribution in [0.15, 0.2) is 138 Å². The van der Waals surface area contributed by atoms with Gasteiger partial charge in [-0.3, -0.25) is 0 Å². The van der Waals surface area contributed by atoms with Crippen LogP contribution < -0.4 is 4.90 Å². The summed E-state index contributed by atoms with van der Waals surface area (Å²) in [5.74, 6) is 0. The number of nitriles is 1. The lowest BCUT2D eigenvalue weighted by Crippen LogP contribution is -2.09. The van der Waals surface area contributed by atoms with Crippen LogP contribution in [0, 0.1) is 17.9 Å². The Morgan fingerprint density at radius 3 is 2.07 bits per heavy atom. The number of fused-ring (bicyclic) bond motifs is 7. The molecule has 5 heteroatoms. The summed E-state index contributed by atoms with van der Waals surface area (Å²) in [6, 6.07) is 47.0. The maximum atomic E-state index is 10.2. The average molecular weight is 551 g/mol. The van der Waals surface area contributed by atoms with Crippen LogP contribution in [0.4, 0.5) is 22.7 Å². The molecule has 0 unspecified atom stereocenters. The fraction of sp³-hybridized carbons (Fsp3) is 0. The standard InChI is InChI=1S/C38H22N4O/c1-40-32-16-10-17-33(31(32)24-39)42-34-21-19-27(41(25-11-4-2-5-12-25)26-13-6-3-7-14-26)23-30(34)37-35(42)22-20-29-28-15-8-9-18-36(28)43-38(29)37/h2-23H. The number of hydrogen-bond donors (Lipinski definition) is 0. The van der Waals surface area contributed by atoms with E-state index in [2.05, 4.69) is 81.0 Å². The molecule has 6 aromatic carbocycles. The van der Waals surface area contributed by atoms with Gasteiger partial charge in [0.1, 0.15) is 11.2 Å². The van der Waals surface area contributed by atoms with Crippen LogP contribution in [-0.2, 0) is 0 Å². The summed E-state index contributed by atoms with van der Waals surface area (Å²) in [6.07, 6.45) is 0. The Kier molecular flexibility index (Phi) is 5.50. The summed E-state index contributed by atoms with van der Waals surface area (Å²) < 4.78 is 8.64. The number of hydrogen-bond acceptors (Lipinski definition) is 3. The molecule has 8 aromatic rings. The van der Waals surface area contributed by atoms with Crippen molar-refractivity contribution in [2.45, 2.75) is 0 Å². The van der Waals surface area contributed by atoms with E-state index >= 15 is 0 Å². The van der Waals surface area contributed by atoms with Crippen molar-refractivity contribution < 1.29 is 4.42 Å². The molecule has 0 saturated heterocycles. The Bertz CT molecular complexity index is 2380. The SMILES string of the molecule is [C-]#[N+]c1cccc(-n2c3ccc(N(c4ccccc4)c4ccccc4)cc3c3c4oc5ccccc5c4ccc32)c1C#N. The summed E-state index contributed by atoms with van der Waals surface area (Å²) in [4.78, 5) is 5.88. The van der Waals surface area contributed by atoms with Crippen molar-refractivity contribution in [2.24, 2.45) is 0 Å². The number of nitrogens with zero attached hydrogens (tertiary/aromatic N) is 4. The Hall–Kier alpha value is -6.30. The van der Waals surface area contributed by atoms with Gasteiger partial charge in [-0.05, 0) is 66.7 Å². The van der Waals surface area contributed by atoms with E-state index in [0.29, 0.717) is 16.9 Å². The fourth-order valence-corrected chi connectivity index (χ4v) is 6.20. The highest BCUT2D eigenvalue weighted by Gasteiger charge is 2.22. The maximum absolute atomic E-state index is 10.2. The van der Waals surface area contributed by atoms with Gasteiger partial charge in [-0.25, -0.2) is 4.85 Å². The highest BCUT2D eigenvalue weighted by Crippen LogP contribution is 2.44. The third-order valence-electron chi connectivity index (χ3n) is 8.04. The smallest absolute Gasteiger partial charge is 0.206 e. The molecule has 0 aliphatic heterocycles. The predicted molar refractivity (Wildman–Crippen MR) is 174 cm³/mol. The van der Waals surface area contributed by atoms with Gasteiger partial charge in [-0.15, -0.1) is 0 Å². The quantitative estimate of drug-likeness (QED) is 0.205. The van der Waals surface area contributed by atoms with Crippen molar-refractivity contribution in [3.05, 3.63) is 150 Å². The van der Waals surface area contributed by atoms with Crippen LogP contribution in [0.1, 0.15) is 5.56 Å². The van der Waals surface area contributed by atoms with E-state index in [1.807, 2.05) is 66.7 Å². The molecule has 0 spiro atoms. The van der Waals surface area contributed by atoms with Crippen molar-refractivity contribution >= 4 is 66.5 Å². The Balaban J connectivity index is 1.51. The third kappa shape index (κ3) is 3.70. The molecule has 0 aliphatic rings. The van der Waals surface area contributed by atoms with Gasteiger partial charge in [0.05, 0.1) is 40.3 Å². The minimum Gasteiger partial charge on any atom is -0.455 e. The second kappa shape index (κ2) is 9.66. The number of benzene rings is 6. The van der Waals surface area contributed by atoms with Gasteiger partial charge < -0.3 is 13.9 Å². The zero-order valence-electron chi connectivity index (χ0n) is 22.9. The van der Waals surface area contributed by atoms with Gasteiger partial charge in [-0.2, -0.15) is 5.26 Å². The number of rotatable bonds is 4. The molecule has 0 saturated carbocycles. The summed E-state index contributed by atoms with van der Waals surface area (Å²) in [7, 11) is 0. The minimum atomic E-state index is 0.329. The molecular formula is C38H22N4O. The first kappa shape index (κ1) is 24.5. The number of para-hydroxylation sites is 3. The van der Waals surface area contributed by atoms with E-state index in [4.69, 9.17) is 11.0 Å². The highest BCUT2D eigenvalue weighted by atomic mass is 16.3. The van der Waals surface area contributed by atoms with Crippen LogP contribution in [0.3, 0.4) is 0 Å². The van der Waals surface area contributed by atoms with Gasteiger partial charge in [0.2, 0.25) is 5.69 Å². The zero-order chi connectivity index (χ0) is 28.9. The molecule has 0 N–H and O–H groups in total. The summed E-state index contributed by atoms with van der Waals surface area (Å²) in [5.41, 5.74) is 7.88. The molecular weight excluding hydrogens is 528 g/mol. The first-order valence-corrected chi connectivity index (χ1v) is 14.0. The molecule has 0 aliphatic carbocycles. The van der Waals surface area contributed by atoms with Crippen LogP contribution in [0.2, 0.25) is 0 Å². The van der Waals surface area contributed by atoms with Gasteiger partial charge in [0.25, 0.3) is 0 Å². The van der Waals surface area contributed by atoms with Crippen LogP contribution in [-0.4, -0.2) is 4.57 Å². The molecule has 2 aromatic heterocycles. The molecule has 0 radical (unpaired) electrons. The van der Waals surface area contributed by atoms with Crippen LogP contribution in [0.5, 0.6) is 0 Å². The second-order valence-corrected chi connectivity index (χ2v) is 10.4. The lowest BCUT2D eigenvalue weighted by Gasteiger charge is -2.25. The lowest BCUT2D eigenvalue weighted by molar-refractivity contribution is 0.673. The van der Waals surface area contributed by atoms with Gasteiger partial charge in [0, 0.05) is 33.2 Å². The zero-order valence-corrected chi connectivity index (χ0v) is 22.9. The van der Waals surface area contributed by atoms with Gasteiger partial charge in [0.15, 0.2) is 0 Å². The number of anilines is 3. The topological polar surface area (TPSA) is 49.5 Å². The molecule has 0 bridgehead atoms. The van der Waals surface area contributed by atoms with Crippen molar-refractivity contribution in [1.29, 1.82) is 5.26 Å². The van der Waals surface area contributed by atoms with E-state index in [-0.39, 0.29) is 0 Å². The molecule has 8 rings (SSSR count). The van der Waals surface area contributed by atoms with Gasteiger partial charge in [-0.1, -0.05) is 66.7 Å². The van der Waals surface area contributed by atoms with Crippen LogP contribution >= 0.6 is 0 Å². The minimum absolute atomic E-state index is 0.329. The van der Waals surface area contributed by atoms with Crippen molar-refractivity contribution in [1.82, 2.24) is 4.57 Å². The largest absolute Gasteiger partial charge is 0.455 e. The molecule has 0 atom stereocenters. The van der Waals surface area contributed by atoms with Gasteiger partial charge >= 0.3 is 0 Å². The van der Waals surface area contributed by atoms with Crippen molar-refractivity contribution in [2.75, 3.05) is 4.90 Å². The monoisotopic (exact) mass is 550 g/mol. The summed E-state index contributed by atoms with van der Waals surface area (Å²) in [5, 5.41) is 14.2. The average Bonchev–Trinajstić information content (AvgIpc) is 3.61.